The maximum atomic E-state index is 6.00. The molecule has 0 radical (unpaired) electrons. The average Bonchev–Trinajstić information content (AvgIpc) is 2.44. The van der Waals surface area contributed by atoms with E-state index >= 15 is 0 Å². The number of pyridine rings is 1. The van der Waals surface area contributed by atoms with Crippen LogP contribution in [0, 0.1) is 6.92 Å². The second-order valence-corrected chi connectivity index (χ2v) is 5.30. The Labute approximate surface area is 123 Å². The molecular weight excluding hydrogens is 268 g/mol. The molecule has 0 aliphatic carbocycles. The average molecular weight is 283 g/mol. The lowest BCUT2D eigenvalue weighted by molar-refractivity contribution is 1.14. The summed E-state index contributed by atoms with van der Waals surface area (Å²) in [6, 6.07) is 16.3. The molecule has 2 aromatic carbocycles. The molecule has 0 fully saturated rings. The Kier molecular flexibility index (Phi) is 3.57. The number of nitrogens with zero attached hydrogens (tertiary/aromatic N) is 1. The molecule has 3 aromatic rings. The summed E-state index contributed by atoms with van der Waals surface area (Å²) < 4.78 is 0. The van der Waals surface area contributed by atoms with Gasteiger partial charge in [-0.25, -0.2) is 0 Å². The summed E-state index contributed by atoms with van der Waals surface area (Å²) in [5.74, 6) is 0. The lowest BCUT2D eigenvalue weighted by atomic mass is 10.1. The van der Waals surface area contributed by atoms with E-state index < -0.39 is 0 Å². The number of anilines is 1. The number of hydrogen-bond donors (Lipinski definition) is 1. The molecule has 3 rings (SSSR count). The second-order valence-electron chi connectivity index (χ2n) is 4.86. The number of fused-ring (bicyclic) bond motifs is 1. The highest BCUT2D eigenvalue weighted by molar-refractivity contribution is 6.31. The van der Waals surface area contributed by atoms with Gasteiger partial charge in [-0.3, -0.25) is 4.98 Å². The van der Waals surface area contributed by atoms with Gasteiger partial charge in [0.25, 0.3) is 0 Å². The summed E-state index contributed by atoms with van der Waals surface area (Å²) >= 11 is 6.00. The molecule has 2 nitrogen and oxygen atoms in total. The first-order valence-electron chi connectivity index (χ1n) is 6.56. The summed E-state index contributed by atoms with van der Waals surface area (Å²) in [7, 11) is 0. The quantitative estimate of drug-likeness (QED) is 0.746. The Balaban J connectivity index is 1.87. The minimum Gasteiger partial charge on any atom is -0.380 e. The molecule has 20 heavy (non-hydrogen) atoms. The molecule has 1 heterocycles. The molecule has 100 valence electrons. The van der Waals surface area contributed by atoms with Crippen LogP contribution < -0.4 is 5.32 Å². The third-order valence-corrected chi connectivity index (χ3v) is 3.51. The maximum Gasteiger partial charge on any atom is 0.0737 e. The van der Waals surface area contributed by atoms with E-state index in [9.17, 15) is 0 Å². The number of hydrogen-bond acceptors (Lipinski definition) is 2. The molecule has 3 heteroatoms. The van der Waals surface area contributed by atoms with Gasteiger partial charge in [-0.15, -0.1) is 0 Å². The second kappa shape index (κ2) is 5.51. The van der Waals surface area contributed by atoms with Crippen molar-refractivity contribution in [2.75, 3.05) is 5.32 Å². The van der Waals surface area contributed by atoms with Crippen LogP contribution in [0.1, 0.15) is 11.1 Å². The van der Waals surface area contributed by atoms with Crippen LogP contribution in [0.25, 0.3) is 10.9 Å². The van der Waals surface area contributed by atoms with Crippen molar-refractivity contribution in [3.63, 3.8) is 0 Å². The molecule has 0 amide bonds. The van der Waals surface area contributed by atoms with E-state index in [2.05, 4.69) is 41.5 Å². The van der Waals surface area contributed by atoms with Gasteiger partial charge >= 0.3 is 0 Å². The maximum absolute atomic E-state index is 6.00. The Bertz CT molecular complexity index is 753. The standard InChI is InChI=1S/C17H15ClN2/c1-12-3-2-4-13(9-12)11-20-16-7-8-19-17-10-14(18)5-6-15(16)17/h2-10H,11H2,1H3,(H,19,20). The number of aryl methyl sites for hydroxylation is 1. The summed E-state index contributed by atoms with van der Waals surface area (Å²) in [5, 5.41) is 5.26. The summed E-state index contributed by atoms with van der Waals surface area (Å²) in [4.78, 5) is 4.35. The fraction of sp³-hybridized carbons (Fsp3) is 0.118. The molecule has 0 spiro atoms. The van der Waals surface area contributed by atoms with Crippen molar-refractivity contribution in [2.45, 2.75) is 13.5 Å². The zero-order valence-corrected chi connectivity index (χ0v) is 12.0. The van der Waals surface area contributed by atoms with Crippen molar-refractivity contribution in [1.29, 1.82) is 0 Å². The molecule has 0 bridgehead atoms. The molecule has 1 aromatic heterocycles. The molecule has 0 aliphatic heterocycles. The molecule has 0 atom stereocenters. The number of nitrogens with one attached hydrogen (secondary N) is 1. The summed E-state index contributed by atoms with van der Waals surface area (Å²) in [6.07, 6.45) is 1.80. The fourth-order valence-electron chi connectivity index (χ4n) is 2.29. The zero-order valence-electron chi connectivity index (χ0n) is 11.2. The van der Waals surface area contributed by atoms with Gasteiger partial charge in [0.2, 0.25) is 0 Å². The molecular formula is C17H15ClN2. The minimum absolute atomic E-state index is 0.709. The van der Waals surface area contributed by atoms with Crippen molar-refractivity contribution >= 4 is 28.2 Å². The molecule has 0 unspecified atom stereocenters. The monoisotopic (exact) mass is 282 g/mol. The normalized spacial score (nSPS) is 10.7. The topological polar surface area (TPSA) is 24.9 Å². The van der Waals surface area contributed by atoms with Crippen molar-refractivity contribution in [1.82, 2.24) is 4.98 Å². The molecule has 0 saturated carbocycles. The van der Waals surface area contributed by atoms with Crippen LogP contribution >= 0.6 is 11.6 Å². The summed E-state index contributed by atoms with van der Waals surface area (Å²) in [6.45, 7) is 2.90. The Morgan fingerprint density at radius 1 is 1.10 bits per heavy atom. The number of aromatic nitrogens is 1. The highest BCUT2D eigenvalue weighted by Gasteiger charge is 2.02. The van der Waals surface area contributed by atoms with E-state index in [4.69, 9.17) is 11.6 Å². The first-order valence-corrected chi connectivity index (χ1v) is 6.94. The van der Waals surface area contributed by atoms with Gasteiger partial charge < -0.3 is 5.32 Å². The molecule has 1 N–H and O–H groups in total. The number of halogens is 1. The predicted molar refractivity (Wildman–Crippen MR) is 85.3 cm³/mol. The summed E-state index contributed by atoms with van der Waals surface area (Å²) in [5.41, 5.74) is 4.53. The number of benzene rings is 2. The van der Waals surface area contributed by atoms with Crippen LogP contribution in [0.2, 0.25) is 5.02 Å². The van der Waals surface area contributed by atoms with E-state index in [-0.39, 0.29) is 0 Å². The Morgan fingerprint density at radius 2 is 2.00 bits per heavy atom. The zero-order chi connectivity index (χ0) is 13.9. The van der Waals surface area contributed by atoms with Crippen LogP contribution in [0.5, 0.6) is 0 Å². The van der Waals surface area contributed by atoms with Crippen molar-refractivity contribution in [2.24, 2.45) is 0 Å². The lowest BCUT2D eigenvalue weighted by Gasteiger charge is -2.10. The fourth-order valence-corrected chi connectivity index (χ4v) is 2.46. The highest BCUT2D eigenvalue weighted by Crippen LogP contribution is 2.24. The van der Waals surface area contributed by atoms with Crippen LogP contribution in [-0.4, -0.2) is 4.98 Å². The van der Waals surface area contributed by atoms with Crippen LogP contribution in [0.3, 0.4) is 0 Å². The SMILES string of the molecule is Cc1cccc(CNc2ccnc3cc(Cl)ccc23)c1. The number of rotatable bonds is 3. The Hall–Kier alpha value is -2.06. The molecule has 0 saturated heterocycles. The van der Waals surface area contributed by atoms with Crippen LogP contribution in [0.15, 0.2) is 54.7 Å². The van der Waals surface area contributed by atoms with Crippen molar-refractivity contribution < 1.29 is 0 Å². The third kappa shape index (κ3) is 2.75. The van der Waals surface area contributed by atoms with Crippen LogP contribution in [0.4, 0.5) is 5.69 Å². The van der Waals surface area contributed by atoms with E-state index in [0.717, 1.165) is 23.1 Å². The first-order chi connectivity index (χ1) is 9.72. The van der Waals surface area contributed by atoms with Gasteiger partial charge in [0, 0.05) is 28.8 Å². The van der Waals surface area contributed by atoms with Gasteiger partial charge in [0.15, 0.2) is 0 Å². The van der Waals surface area contributed by atoms with Crippen molar-refractivity contribution in [3.8, 4) is 0 Å². The van der Waals surface area contributed by atoms with Gasteiger partial charge in [-0.2, -0.15) is 0 Å². The van der Waals surface area contributed by atoms with Gasteiger partial charge in [0.1, 0.15) is 0 Å². The van der Waals surface area contributed by atoms with Gasteiger partial charge in [0.05, 0.1) is 5.52 Å². The lowest BCUT2D eigenvalue weighted by Crippen LogP contribution is -2.00. The van der Waals surface area contributed by atoms with Gasteiger partial charge in [-0.1, -0.05) is 41.4 Å². The smallest absolute Gasteiger partial charge is 0.0737 e. The van der Waals surface area contributed by atoms with E-state index in [1.807, 2.05) is 24.3 Å². The Morgan fingerprint density at radius 3 is 2.85 bits per heavy atom. The van der Waals surface area contributed by atoms with E-state index in [1.54, 1.807) is 6.20 Å². The van der Waals surface area contributed by atoms with Crippen molar-refractivity contribution in [3.05, 3.63) is 70.9 Å². The first kappa shape index (κ1) is 12.9. The van der Waals surface area contributed by atoms with E-state index in [1.165, 1.54) is 11.1 Å². The van der Waals surface area contributed by atoms with Gasteiger partial charge in [-0.05, 0) is 36.8 Å². The largest absolute Gasteiger partial charge is 0.380 e. The van der Waals surface area contributed by atoms with Crippen LogP contribution in [-0.2, 0) is 6.54 Å². The highest BCUT2D eigenvalue weighted by atomic mass is 35.5. The predicted octanol–water partition coefficient (Wildman–Crippen LogP) is 4.81. The molecule has 0 aliphatic rings. The minimum atomic E-state index is 0.709. The third-order valence-electron chi connectivity index (χ3n) is 3.27. The van der Waals surface area contributed by atoms with E-state index in [0.29, 0.717) is 5.02 Å².